The van der Waals surface area contributed by atoms with E-state index in [0.717, 1.165) is 56.7 Å². The number of nitrogens with zero attached hydrogens (tertiary/aromatic N) is 4. The first kappa shape index (κ1) is 21.0. The number of amides is 1. The molecule has 2 atom stereocenters. The van der Waals surface area contributed by atoms with E-state index < -0.39 is 6.09 Å². The van der Waals surface area contributed by atoms with Crippen molar-refractivity contribution < 1.29 is 14.3 Å². The van der Waals surface area contributed by atoms with Gasteiger partial charge in [0.15, 0.2) is 11.0 Å². The molecule has 3 heterocycles. The Morgan fingerprint density at radius 1 is 1.30 bits per heavy atom. The molecule has 1 unspecified atom stereocenters. The maximum absolute atomic E-state index is 13.2. The van der Waals surface area contributed by atoms with Crippen LogP contribution in [0.15, 0.2) is 36.4 Å². The lowest BCUT2D eigenvalue weighted by molar-refractivity contribution is 0.110. The summed E-state index contributed by atoms with van der Waals surface area (Å²) in [5.41, 5.74) is 1.72. The van der Waals surface area contributed by atoms with Gasteiger partial charge in [-0.3, -0.25) is 9.80 Å². The van der Waals surface area contributed by atoms with E-state index in [-0.39, 0.29) is 12.6 Å². The van der Waals surface area contributed by atoms with Crippen molar-refractivity contribution in [2.75, 3.05) is 31.2 Å². The maximum Gasteiger partial charge on any atom is 0.416 e. The Labute approximate surface area is 181 Å². The third-order valence-corrected chi connectivity index (χ3v) is 6.15. The number of halogens is 1. The van der Waals surface area contributed by atoms with Crippen LogP contribution in [0.3, 0.4) is 0 Å². The summed E-state index contributed by atoms with van der Waals surface area (Å²) in [4.78, 5) is 17.3. The maximum atomic E-state index is 13.2. The van der Waals surface area contributed by atoms with Crippen LogP contribution in [0.25, 0.3) is 0 Å². The van der Waals surface area contributed by atoms with Crippen LogP contribution in [0, 0.1) is 6.92 Å². The van der Waals surface area contributed by atoms with Gasteiger partial charge in [-0.25, -0.2) is 4.79 Å². The number of likely N-dealkylation sites (tertiary alicyclic amines) is 1. The highest BCUT2D eigenvalue weighted by Crippen LogP contribution is 2.27. The largest absolute Gasteiger partial charge is 0.444 e. The molecule has 2 aliphatic rings. The normalized spacial score (nSPS) is 22.1. The average molecular weight is 431 g/mol. The third-order valence-electron chi connectivity index (χ3n) is 5.78. The highest BCUT2D eigenvalue weighted by Gasteiger charge is 2.35. The van der Waals surface area contributed by atoms with Crippen molar-refractivity contribution in [2.24, 2.45) is 0 Å². The van der Waals surface area contributed by atoms with E-state index in [4.69, 9.17) is 21.1 Å². The van der Waals surface area contributed by atoms with Gasteiger partial charge in [-0.05, 0) is 49.9 Å². The molecule has 1 aromatic heterocycles. The number of carbonyl (C=O) groups is 1. The third kappa shape index (κ3) is 4.91. The smallest absolute Gasteiger partial charge is 0.416 e. The monoisotopic (exact) mass is 430 g/mol. The van der Waals surface area contributed by atoms with E-state index in [1.54, 1.807) is 11.0 Å². The molecule has 0 bridgehead atoms. The molecule has 160 valence electrons. The molecule has 7 nitrogen and oxygen atoms in total. The van der Waals surface area contributed by atoms with Gasteiger partial charge in [0.1, 0.15) is 6.61 Å². The first-order chi connectivity index (χ1) is 14.6. The Hall–Kier alpha value is -2.22. The number of hydrogen-bond donors (Lipinski definition) is 0. The molecule has 8 heteroatoms. The van der Waals surface area contributed by atoms with Crippen LogP contribution >= 0.6 is 11.6 Å². The van der Waals surface area contributed by atoms with E-state index in [1.807, 2.05) is 37.3 Å². The van der Waals surface area contributed by atoms with Gasteiger partial charge in [-0.1, -0.05) is 41.9 Å². The van der Waals surface area contributed by atoms with E-state index in [9.17, 15) is 4.79 Å². The summed E-state index contributed by atoms with van der Waals surface area (Å²) in [5.74, 6) is 0.476. The van der Waals surface area contributed by atoms with Crippen LogP contribution in [-0.2, 0) is 16.1 Å². The molecule has 0 spiro atoms. The van der Waals surface area contributed by atoms with E-state index in [0.29, 0.717) is 17.0 Å². The summed E-state index contributed by atoms with van der Waals surface area (Å²) in [6.07, 6.45) is 2.51. The van der Waals surface area contributed by atoms with Gasteiger partial charge in [0.2, 0.25) is 0 Å². The number of piperidine rings is 1. The first-order valence-electron chi connectivity index (χ1n) is 10.4. The minimum atomic E-state index is -0.413. The van der Waals surface area contributed by atoms with Crippen molar-refractivity contribution in [3.8, 4) is 0 Å². The zero-order valence-corrected chi connectivity index (χ0v) is 17.9. The fourth-order valence-corrected chi connectivity index (χ4v) is 4.22. The van der Waals surface area contributed by atoms with Crippen LogP contribution in [0.1, 0.15) is 30.4 Å². The van der Waals surface area contributed by atoms with Gasteiger partial charge >= 0.3 is 6.09 Å². The molecule has 0 saturated carbocycles. The van der Waals surface area contributed by atoms with Crippen LogP contribution in [0.2, 0.25) is 5.15 Å². The molecule has 4 rings (SSSR count). The summed E-state index contributed by atoms with van der Waals surface area (Å²) in [6.45, 7) is 5.40. The number of carbonyl (C=O) groups excluding carboxylic acids is 1. The number of hydrogen-bond acceptors (Lipinski definition) is 6. The minimum absolute atomic E-state index is 0.0440. The molecule has 1 amide bonds. The van der Waals surface area contributed by atoms with Crippen molar-refractivity contribution in [1.29, 1.82) is 0 Å². The molecule has 2 saturated heterocycles. The predicted octanol–water partition coefficient (Wildman–Crippen LogP) is 3.83. The highest BCUT2D eigenvalue weighted by molar-refractivity contribution is 6.30. The molecular weight excluding hydrogens is 404 g/mol. The molecular formula is C22H27ClN4O3. The van der Waals surface area contributed by atoms with Crippen LogP contribution in [0.4, 0.5) is 10.6 Å². The molecule has 2 fully saturated rings. The van der Waals surface area contributed by atoms with Gasteiger partial charge in [0, 0.05) is 19.2 Å². The number of aromatic nitrogens is 2. The fraction of sp³-hybridized carbons (Fsp3) is 0.500. The predicted molar refractivity (Wildman–Crippen MR) is 115 cm³/mol. The summed E-state index contributed by atoms with van der Waals surface area (Å²) in [7, 11) is 0. The Kier molecular flexibility index (Phi) is 6.82. The zero-order chi connectivity index (χ0) is 20.9. The Morgan fingerprint density at radius 3 is 2.87 bits per heavy atom. The second-order valence-corrected chi connectivity index (χ2v) is 8.25. The first-order valence-corrected chi connectivity index (χ1v) is 10.8. The molecule has 2 aliphatic heterocycles. The van der Waals surface area contributed by atoms with Crippen molar-refractivity contribution in [2.45, 2.75) is 44.9 Å². The highest BCUT2D eigenvalue weighted by atomic mass is 35.5. The molecule has 1 aromatic carbocycles. The summed E-state index contributed by atoms with van der Waals surface area (Å²) in [5, 5.41) is 8.57. The van der Waals surface area contributed by atoms with Crippen LogP contribution in [0.5, 0.6) is 0 Å². The molecule has 0 N–H and O–H groups in total. The molecule has 2 aromatic rings. The van der Waals surface area contributed by atoms with E-state index >= 15 is 0 Å². The lowest BCUT2D eigenvalue weighted by Gasteiger charge is -2.40. The Balaban J connectivity index is 1.54. The number of rotatable bonds is 5. The summed E-state index contributed by atoms with van der Waals surface area (Å²) < 4.78 is 11.2. The molecule has 30 heavy (non-hydrogen) atoms. The van der Waals surface area contributed by atoms with Crippen molar-refractivity contribution >= 4 is 23.5 Å². The number of aryl methyl sites for hydroxylation is 1. The SMILES string of the molecule is Cc1cc(N(C(=O)OCc2ccccc2)[C@@H]2CCCN(C3CCOC3)C2)nnc1Cl. The van der Waals surface area contributed by atoms with Gasteiger partial charge < -0.3 is 9.47 Å². The van der Waals surface area contributed by atoms with Gasteiger partial charge in [-0.15, -0.1) is 10.2 Å². The summed E-state index contributed by atoms with van der Waals surface area (Å²) >= 11 is 6.07. The standard InChI is InChI=1S/C22H27ClN4O3/c1-16-12-20(24-25-21(16)23)27(22(28)30-14-17-6-3-2-4-7-17)18-8-5-10-26(13-18)19-9-11-29-15-19/h2-4,6-7,12,18-19H,5,8-11,13-15H2,1H3/t18-,19?/m1/s1. The molecule has 0 radical (unpaired) electrons. The van der Waals surface area contributed by atoms with Crippen LogP contribution < -0.4 is 4.90 Å². The van der Waals surface area contributed by atoms with Crippen molar-refractivity contribution in [3.05, 3.63) is 52.7 Å². The van der Waals surface area contributed by atoms with Gasteiger partial charge in [0.25, 0.3) is 0 Å². The number of ether oxygens (including phenoxy) is 2. The van der Waals surface area contributed by atoms with E-state index in [2.05, 4.69) is 15.1 Å². The average Bonchev–Trinajstić information content (AvgIpc) is 3.31. The van der Waals surface area contributed by atoms with Gasteiger partial charge in [0.05, 0.1) is 12.6 Å². The zero-order valence-electron chi connectivity index (χ0n) is 17.2. The van der Waals surface area contributed by atoms with Gasteiger partial charge in [-0.2, -0.15) is 0 Å². The van der Waals surface area contributed by atoms with E-state index in [1.165, 1.54) is 0 Å². The second kappa shape index (κ2) is 9.73. The number of benzene rings is 1. The topological polar surface area (TPSA) is 67.8 Å². The quantitative estimate of drug-likeness (QED) is 0.718. The van der Waals surface area contributed by atoms with Crippen LogP contribution in [-0.4, -0.2) is 59.6 Å². The second-order valence-electron chi connectivity index (χ2n) is 7.89. The number of anilines is 1. The van der Waals surface area contributed by atoms with Crippen molar-refractivity contribution in [1.82, 2.24) is 15.1 Å². The lowest BCUT2D eigenvalue weighted by atomic mass is 10.0. The Bertz CT molecular complexity index is 861. The lowest BCUT2D eigenvalue weighted by Crippen LogP contribution is -2.53. The summed E-state index contributed by atoms with van der Waals surface area (Å²) in [6, 6.07) is 11.8. The fourth-order valence-electron chi connectivity index (χ4n) is 4.13. The van der Waals surface area contributed by atoms with Crippen molar-refractivity contribution in [3.63, 3.8) is 0 Å². The Morgan fingerprint density at radius 2 is 2.13 bits per heavy atom. The minimum Gasteiger partial charge on any atom is -0.444 e. The molecule has 0 aliphatic carbocycles.